The van der Waals surface area contributed by atoms with Gasteiger partial charge in [0.1, 0.15) is 5.75 Å². The van der Waals surface area contributed by atoms with Crippen molar-refractivity contribution in [3.63, 3.8) is 0 Å². The maximum atomic E-state index is 8.52. The summed E-state index contributed by atoms with van der Waals surface area (Å²) in [5, 5.41) is 12.0. The summed E-state index contributed by atoms with van der Waals surface area (Å²) < 4.78 is 6.76. The Hall–Kier alpha value is -1.99. The molecule has 0 spiro atoms. The number of ether oxygens (including phenoxy) is 1. The second-order valence-corrected chi connectivity index (χ2v) is 5.88. The molecule has 0 aromatic heterocycles. The zero-order valence-electron chi connectivity index (χ0n) is 12.6. The maximum Gasteiger partial charge on any atom is 0.121 e. The number of benzene rings is 2. The van der Waals surface area contributed by atoms with Gasteiger partial charge in [-0.15, -0.1) is 0 Å². The lowest BCUT2D eigenvalue weighted by atomic mass is 10.1. The van der Waals surface area contributed by atoms with Crippen LogP contribution in [0.2, 0.25) is 0 Å². The monoisotopic (exact) mass is 358 g/mol. The standard InChI is InChI=1S/C18H19BrN2O/c1-14(17-9-2-3-10-18(17)19)21-15-7-6-8-16(13-15)22-12-5-4-11-20/h2-3,6-10,13-14,21H,4-5,12H2,1H3. The van der Waals surface area contributed by atoms with Crippen molar-refractivity contribution in [1.29, 1.82) is 5.26 Å². The van der Waals surface area contributed by atoms with Crippen molar-refractivity contribution in [2.75, 3.05) is 11.9 Å². The highest BCUT2D eigenvalue weighted by Crippen LogP contribution is 2.27. The molecule has 0 saturated heterocycles. The van der Waals surface area contributed by atoms with Crippen LogP contribution in [0.4, 0.5) is 5.69 Å². The largest absolute Gasteiger partial charge is 0.493 e. The van der Waals surface area contributed by atoms with Crippen LogP contribution in [0.1, 0.15) is 31.4 Å². The summed E-state index contributed by atoms with van der Waals surface area (Å²) in [5.41, 5.74) is 2.23. The van der Waals surface area contributed by atoms with Gasteiger partial charge in [-0.05, 0) is 37.1 Å². The molecule has 0 aliphatic heterocycles. The van der Waals surface area contributed by atoms with Crippen LogP contribution in [0, 0.1) is 11.3 Å². The molecule has 0 heterocycles. The molecule has 1 unspecified atom stereocenters. The smallest absolute Gasteiger partial charge is 0.121 e. The van der Waals surface area contributed by atoms with Crippen LogP contribution in [-0.4, -0.2) is 6.61 Å². The Labute approximate surface area is 140 Å². The molecule has 4 heteroatoms. The lowest BCUT2D eigenvalue weighted by Crippen LogP contribution is -2.07. The number of nitrogens with zero attached hydrogens (tertiary/aromatic N) is 1. The molecule has 0 aliphatic rings. The Morgan fingerprint density at radius 2 is 2.05 bits per heavy atom. The number of rotatable bonds is 7. The van der Waals surface area contributed by atoms with E-state index in [2.05, 4.69) is 40.3 Å². The van der Waals surface area contributed by atoms with Crippen molar-refractivity contribution in [2.24, 2.45) is 0 Å². The quantitative estimate of drug-likeness (QED) is 0.682. The minimum atomic E-state index is 0.185. The van der Waals surface area contributed by atoms with Crippen molar-refractivity contribution in [1.82, 2.24) is 0 Å². The number of hydrogen-bond acceptors (Lipinski definition) is 3. The molecule has 3 nitrogen and oxygen atoms in total. The zero-order valence-corrected chi connectivity index (χ0v) is 14.1. The minimum absolute atomic E-state index is 0.185. The van der Waals surface area contributed by atoms with Crippen LogP contribution >= 0.6 is 15.9 Å². The Morgan fingerprint density at radius 1 is 1.23 bits per heavy atom. The van der Waals surface area contributed by atoms with E-state index in [-0.39, 0.29) is 6.04 Å². The Morgan fingerprint density at radius 3 is 2.82 bits per heavy atom. The van der Waals surface area contributed by atoms with E-state index < -0.39 is 0 Å². The molecule has 2 rings (SSSR count). The topological polar surface area (TPSA) is 45.0 Å². The van der Waals surface area contributed by atoms with Gasteiger partial charge in [-0.25, -0.2) is 0 Å². The highest BCUT2D eigenvalue weighted by atomic mass is 79.9. The maximum absolute atomic E-state index is 8.52. The molecule has 22 heavy (non-hydrogen) atoms. The number of hydrogen-bond donors (Lipinski definition) is 1. The Kier molecular flexibility index (Phi) is 6.29. The van der Waals surface area contributed by atoms with Crippen molar-refractivity contribution < 1.29 is 4.74 Å². The van der Waals surface area contributed by atoms with E-state index in [1.54, 1.807) is 0 Å². The summed E-state index contributed by atoms with van der Waals surface area (Å²) >= 11 is 3.58. The Balaban J connectivity index is 1.98. The van der Waals surface area contributed by atoms with Crippen LogP contribution in [0.5, 0.6) is 5.75 Å². The van der Waals surface area contributed by atoms with Gasteiger partial charge < -0.3 is 10.1 Å². The fourth-order valence-corrected chi connectivity index (χ4v) is 2.80. The van der Waals surface area contributed by atoms with Gasteiger partial charge in [0.2, 0.25) is 0 Å². The fourth-order valence-electron chi connectivity index (χ4n) is 2.17. The first-order valence-electron chi connectivity index (χ1n) is 7.31. The lowest BCUT2D eigenvalue weighted by molar-refractivity contribution is 0.313. The van der Waals surface area contributed by atoms with Crippen LogP contribution in [-0.2, 0) is 0 Å². The predicted octanol–water partition coefficient (Wildman–Crippen LogP) is 5.30. The first-order valence-corrected chi connectivity index (χ1v) is 8.11. The molecule has 0 bridgehead atoms. The summed E-state index contributed by atoms with van der Waals surface area (Å²) in [7, 11) is 0. The number of halogens is 1. The van der Waals surface area contributed by atoms with E-state index in [1.165, 1.54) is 5.56 Å². The van der Waals surface area contributed by atoms with E-state index in [0.29, 0.717) is 13.0 Å². The number of nitriles is 1. The molecule has 2 aromatic carbocycles. The molecular formula is C18H19BrN2O. The van der Waals surface area contributed by atoms with Crippen molar-refractivity contribution in [3.05, 3.63) is 58.6 Å². The summed E-state index contributed by atoms with van der Waals surface area (Å²) in [6.45, 7) is 2.69. The Bertz CT molecular complexity index is 652. The van der Waals surface area contributed by atoms with Crippen LogP contribution < -0.4 is 10.1 Å². The summed E-state index contributed by atoms with van der Waals surface area (Å²) in [6.07, 6.45) is 1.28. The van der Waals surface area contributed by atoms with E-state index >= 15 is 0 Å². The average Bonchev–Trinajstić information content (AvgIpc) is 2.52. The van der Waals surface area contributed by atoms with Gasteiger partial charge in [0.05, 0.1) is 12.7 Å². The van der Waals surface area contributed by atoms with Gasteiger partial charge in [0.15, 0.2) is 0 Å². The first kappa shape index (κ1) is 16.4. The fraction of sp³-hybridized carbons (Fsp3) is 0.278. The van der Waals surface area contributed by atoms with Gasteiger partial charge in [0, 0.05) is 28.7 Å². The highest BCUT2D eigenvalue weighted by molar-refractivity contribution is 9.10. The summed E-state index contributed by atoms with van der Waals surface area (Å²) in [5.74, 6) is 0.822. The van der Waals surface area contributed by atoms with Gasteiger partial charge in [-0.3, -0.25) is 0 Å². The highest BCUT2D eigenvalue weighted by Gasteiger charge is 2.08. The molecule has 0 fully saturated rings. The third-order valence-corrected chi connectivity index (χ3v) is 4.01. The number of nitrogens with one attached hydrogen (secondary N) is 1. The van der Waals surface area contributed by atoms with Gasteiger partial charge in [0.25, 0.3) is 0 Å². The minimum Gasteiger partial charge on any atom is -0.493 e. The molecule has 1 N–H and O–H groups in total. The van der Waals surface area contributed by atoms with E-state index in [0.717, 1.165) is 22.3 Å². The molecule has 0 aliphatic carbocycles. The number of unbranched alkanes of at least 4 members (excludes halogenated alkanes) is 1. The lowest BCUT2D eigenvalue weighted by Gasteiger charge is -2.17. The normalized spacial score (nSPS) is 11.5. The zero-order chi connectivity index (χ0) is 15.8. The summed E-state index contributed by atoms with van der Waals surface area (Å²) in [4.78, 5) is 0. The SMILES string of the molecule is CC(Nc1cccc(OCCCC#N)c1)c1ccccc1Br. The average molecular weight is 359 g/mol. The molecule has 2 aromatic rings. The van der Waals surface area contributed by atoms with E-state index in [1.807, 2.05) is 42.5 Å². The molecule has 114 valence electrons. The van der Waals surface area contributed by atoms with Crippen molar-refractivity contribution in [3.8, 4) is 11.8 Å². The van der Waals surface area contributed by atoms with Crippen molar-refractivity contribution >= 4 is 21.6 Å². The third-order valence-electron chi connectivity index (χ3n) is 3.29. The molecular weight excluding hydrogens is 340 g/mol. The summed E-state index contributed by atoms with van der Waals surface area (Å²) in [6, 6.07) is 18.4. The van der Waals surface area contributed by atoms with Gasteiger partial charge in [-0.2, -0.15) is 5.26 Å². The van der Waals surface area contributed by atoms with Gasteiger partial charge >= 0.3 is 0 Å². The predicted molar refractivity (Wildman–Crippen MR) is 93.0 cm³/mol. The second kappa shape index (κ2) is 8.45. The van der Waals surface area contributed by atoms with Crippen LogP contribution in [0.3, 0.4) is 0 Å². The second-order valence-electron chi connectivity index (χ2n) is 5.03. The van der Waals surface area contributed by atoms with E-state index in [9.17, 15) is 0 Å². The van der Waals surface area contributed by atoms with Crippen LogP contribution in [0.25, 0.3) is 0 Å². The molecule has 1 atom stereocenters. The van der Waals surface area contributed by atoms with Crippen LogP contribution in [0.15, 0.2) is 53.0 Å². The van der Waals surface area contributed by atoms with Crippen molar-refractivity contribution in [2.45, 2.75) is 25.8 Å². The number of anilines is 1. The molecule has 0 saturated carbocycles. The third kappa shape index (κ3) is 4.78. The first-order chi connectivity index (χ1) is 10.7. The van der Waals surface area contributed by atoms with E-state index in [4.69, 9.17) is 10.00 Å². The molecule has 0 amide bonds. The van der Waals surface area contributed by atoms with Gasteiger partial charge in [-0.1, -0.05) is 40.2 Å². The molecule has 0 radical (unpaired) electrons.